The number of primary amides is 1. The number of benzene rings is 1. The van der Waals surface area contributed by atoms with E-state index >= 15 is 0 Å². The molecule has 1 unspecified atom stereocenters. The van der Waals surface area contributed by atoms with Gasteiger partial charge in [0.2, 0.25) is 5.91 Å². The lowest BCUT2D eigenvalue weighted by Gasteiger charge is -2.27. The largest absolute Gasteiger partial charge is 0.365 e. The molecule has 3 rings (SSSR count). The van der Waals surface area contributed by atoms with Crippen LogP contribution in [0.15, 0.2) is 29.2 Å². The van der Waals surface area contributed by atoms with E-state index in [1.807, 2.05) is 0 Å². The molecule has 4 N–H and O–H groups in total. The number of nitrogens with one attached hydrogen (secondary N) is 2. The van der Waals surface area contributed by atoms with Crippen molar-refractivity contribution in [2.45, 2.75) is 51.1 Å². The molecule has 1 aromatic heterocycles. The van der Waals surface area contributed by atoms with E-state index in [0.29, 0.717) is 28.8 Å². The highest BCUT2D eigenvalue weighted by molar-refractivity contribution is 7.99. The number of quaternary nitrogens is 1. The van der Waals surface area contributed by atoms with Crippen molar-refractivity contribution < 1.29 is 14.5 Å². The normalized spacial score (nSPS) is 16.1. The Morgan fingerprint density at radius 2 is 2.00 bits per heavy atom. The van der Waals surface area contributed by atoms with E-state index in [4.69, 9.17) is 5.73 Å². The first kappa shape index (κ1) is 20.9. The number of aryl methyl sites for hydroxylation is 1. The molecule has 1 aliphatic heterocycles. The molecule has 0 radical (unpaired) electrons. The minimum absolute atomic E-state index is 0.0752. The summed E-state index contributed by atoms with van der Waals surface area (Å²) in [5, 5.41) is 3.56. The first-order valence-corrected chi connectivity index (χ1v) is 11.4. The highest BCUT2D eigenvalue weighted by Crippen LogP contribution is 2.34. The zero-order valence-electron chi connectivity index (χ0n) is 16.6. The lowest BCUT2D eigenvalue weighted by Crippen LogP contribution is -3.14. The predicted octanol–water partition coefficient (Wildman–Crippen LogP) is 2.63. The Morgan fingerprint density at radius 1 is 1.29 bits per heavy atom. The fourth-order valence-electron chi connectivity index (χ4n) is 3.43. The Labute approximate surface area is 174 Å². The van der Waals surface area contributed by atoms with Gasteiger partial charge in [-0.2, -0.15) is 0 Å². The molecule has 2 heterocycles. The monoisotopic (exact) mass is 418 g/mol. The molecule has 7 heteroatoms. The lowest BCUT2D eigenvalue weighted by atomic mass is 10.0. The van der Waals surface area contributed by atoms with Crippen LogP contribution in [0.5, 0.6) is 0 Å². The van der Waals surface area contributed by atoms with Crippen LogP contribution in [0.4, 0.5) is 5.00 Å². The third-order valence-corrected chi connectivity index (χ3v) is 7.27. The fourth-order valence-corrected chi connectivity index (χ4v) is 5.60. The number of rotatable bonds is 7. The summed E-state index contributed by atoms with van der Waals surface area (Å²) in [7, 11) is 0. The van der Waals surface area contributed by atoms with Crippen LogP contribution in [-0.4, -0.2) is 30.2 Å². The topological polar surface area (TPSA) is 76.6 Å². The van der Waals surface area contributed by atoms with Gasteiger partial charge in [-0.25, -0.2) is 0 Å². The molecule has 2 aromatic rings. The molecule has 1 atom stereocenters. The van der Waals surface area contributed by atoms with E-state index in [1.165, 1.54) is 26.7 Å². The van der Waals surface area contributed by atoms with Gasteiger partial charge in [0.1, 0.15) is 11.5 Å². The van der Waals surface area contributed by atoms with Crippen molar-refractivity contribution in [3.63, 3.8) is 0 Å². The molecule has 0 spiro atoms. The predicted molar refractivity (Wildman–Crippen MR) is 116 cm³/mol. The van der Waals surface area contributed by atoms with Crippen molar-refractivity contribution in [2.24, 2.45) is 5.73 Å². The highest BCUT2D eigenvalue weighted by Gasteiger charge is 2.30. The zero-order valence-corrected chi connectivity index (χ0v) is 18.3. The van der Waals surface area contributed by atoms with Crippen LogP contribution < -0.4 is 16.0 Å². The number of nitrogens with two attached hydrogens (primary N) is 1. The van der Waals surface area contributed by atoms with E-state index in [1.54, 1.807) is 11.8 Å². The minimum atomic E-state index is -0.449. The Balaban J connectivity index is 1.63. The fraction of sp³-hybridized carbons (Fsp3) is 0.429. The van der Waals surface area contributed by atoms with Gasteiger partial charge in [0, 0.05) is 23.5 Å². The second-order valence-electron chi connectivity index (χ2n) is 7.52. The van der Waals surface area contributed by atoms with Gasteiger partial charge >= 0.3 is 0 Å². The molecule has 1 aliphatic rings. The van der Waals surface area contributed by atoms with Gasteiger partial charge in [0.15, 0.2) is 0 Å². The molecular formula is C21H28N3O2S2+. The molecule has 28 heavy (non-hydrogen) atoms. The maximum atomic E-state index is 12.4. The van der Waals surface area contributed by atoms with Crippen molar-refractivity contribution in [3.8, 4) is 0 Å². The Kier molecular flexibility index (Phi) is 6.80. The highest BCUT2D eigenvalue weighted by atomic mass is 32.2. The number of fused-ring (bicyclic) bond motifs is 1. The molecule has 150 valence electrons. The number of hydrogen-bond donors (Lipinski definition) is 3. The average molecular weight is 419 g/mol. The van der Waals surface area contributed by atoms with Crippen LogP contribution in [0.1, 0.15) is 46.6 Å². The Morgan fingerprint density at radius 3 is 2.64 bits per heavy atom. The van der Waals surface area contributed by atoms with Gasteiger partial charge in [-0.05, 0) is 38.5 Å². The van der Waals surface area contributed by atoms with Crippen molar-refractivity contribution in [2.75, 3.05) is 17.6 Å². The van der Waals surface area contributed by atoms with Crippen LogP contribution in [-0.2, 0) is 17.8 Å². The van der Waals surface area contributed by atoms with Crippen molar-refractivity contribution in [1.82, 2.24) is 0 Å². The number of anilines is 1. The van der Waals surface area contributed by atoms with Crippen molar-refractivity contribution in [3.05, 3.63) is 45.8 Å². The van der Waals surface area contributed by atoms with E-state index < -0.39 is 5.91 Å². The van der Waals surface area contributed by atoms with E-state index in [9.17, 15) is 9.59 Å². The molecule has 1 aromatic carbocycles. The maximum Gasteiger partial charge on any atom is 0.252 e. The van der Waals surface area contributed by atoms with E-state index in [2.05, 4.69) is 50.4 Å². The smallest absolute Gasteiger partial charge is 0.252 e. The minimum Gasteiger partial charge on any atom is -0.365 e. The Hall–Kier alpha value is -1.83. The molecule has 0 fully saturated rings. The van der Waals surface area contributed by atoms with Gasteiger partial charge in [-0.15, -0.1) is 23.1 Å². The second kappa shape index (κ2) is 9.11. The van der Waals surface area contributed by atoms with Crippen LogP contribution in [0.3, 0.4) is 0 Å². The SMILES string of the molecule is Cc1ccc(SCCC(=O)Nc2sc3c(c2C(N)=O)CC[NH+](C(C)C)C3)cc1. The van der Waals surface area contributed by atoms with E-state index in [-0.39, 0.29) is 5.91 Å². The summed E-state index contributed by atoms with van der Waals surface area (Å²) in [5.74, 6) is 0.167. The van der Waals surface area contributed by atoms with Gasteiger partial charge in [-0.3, -0.25) is 9.59 Å². The first-order valence-electron chi connectivity index (χ1n) is 9.63. The first-order chi connectivity index (χ1) is 13.3. The van der Waals surface area contributed by atoms with Crippen LogP contribution >= 0.6 is 23.1 Å². The van der Waals surface area contributed by atoms with Crippen molar-refractivity contribution in [1.29, 1.82) is 0 Å². The summed E-state index contributed by atoms with van der Waals surface area (Å²) in [5.41, 5.74) is 8.42. The summed E-state index contributed by atoms with van der Waals surface area (Å²) >= 11 is 3.17. The number of amides is 2. The maximum absolute atomic E-state index is 12.4. The number of hydrogen-bond acceptors (Lipinski definition) is 4. The van der Waals surface area contributed by atoms with Gasteiger partial charge in [-0.1, -0.05) is 17.7 Å². The second-order valence-corrected chi connectivity index (χ2v) is 9.80. The number of thioether (sulfide) groups is 1. The van der Waals surface area contributed by atoms with Crippen molar-refractivity contribution >= 4 is 39.9 Å². The summed E-state index contributed by atoms with van der Waals surface area (Å²) in [4.78, 5) is 28.3. The lowest BCUT2D eigenvalue weighted by molar-refractivity contribution is -0.936. The molecule has 2 amide bonds. The third kappa shape index (κ3) is 4.96. The quantitative estimate of drug-likeness (QED) is 0.605. The summed E-state index contributed by atoms with van der Waals surface area (Å²) in [6.45, 7) is 8.34. The van der Waals surface area contributed by atoms with Crippen LogP contribution in [0.2, 0.25) is 0 Å². The summed E-state index contributed by atoms with van der Waals surface area (Å²) < 4.78 is 0. The summed E-state index contributed by atoms with van der Waals surface area (Å²) in [6, 6.07) is 8.81. The molecule has 0 saturated carbocycles. The molecular weight excluding hydrogens is 390 g/mol. The van der Waals surface area contributed by atoms with E-state index in [0.717, 1.165) is 30.0 Å². The van der Waals surface area contributed by atoms with Crippen LogP contribution in [0.25, 0.3) is 0 Å². The molecule has 0 saturated heterocycles. The summed E-state index contributed by atoms with van der Waals surface area (Å²) in [6.07, 6.45) is 1.22. The molecule has 5 nitrogen and oxygen atoms in total. The third-order valence-electron chi connectivity index (χ3n) is 5.11. The van der Waals surface area contributed by atoms with Crippen LogP contribution in [0, 0.1) is 6.92 Å². The number of carbonyl (C=O) groups excluding carboxylic acids is 2. The van der Waals surface area contributed by atoms with Gasteiger partial charge in [0.05, 0.1) is 23.0 Å². The average Bonchev–Trinajstić information content (AvgIpc) is 3.00. The Bertz CT molecular complexity index is 859. The zero-order chi connectivity index (χ0) is 20.3. The molecule has 0 bridgehead atoms. The number of thiophene rings is 1. The van der Waals surface area contributed by atoms with Gasteiger partial charge in [0.25, 0.3) is 5.91 Å². The van der Waals surface area contributed by atoms with Gasteiger partial charge < -0.3 is 16.0 Å². The number of carbonyl (C=O) groups is 2. The molecule has 0 aliphatic carbocycles. The standard InChI is InChI=1S/C21H27N3O2S2/c1-13(2)24-10-8-16-17(12-24)28-21(19(16)20(22)26)23-18(25)9-11-27-15-6-4-14(3)5-7-15/h4-7,13H,8-12H2,1-3H3,(H2,22,26)(H,23,25)/p+1.